The Morgan fingerprint density at radius 2 is 2.40 bits per heavy atom. The Morgan fingerprint density at radius 1 is 1.60 bits per heavy atom. The molecule has 2 rings (SSSR count). The molecule has 2 nitrogen and oxygen atoms in total. The van der Waals surface area contributed by atoms with Crippen molar-refractivity contribution in [3.8, 4) is 0 Å². The van der Waals surface area contributed by atoms with Crippen molar-refractivity contribution in [1.29, 1.82) is 0 Å². The Balaban J connectivity index is 2.30. The predicted octanol–water partition coefficient (Wildman–Crippen LogP) is 3.12. The number of hydrogen-bond donors (Lipinski definition) is 0. The van der Waals surface area contributed by atoms with E-state index in [2.05, 4.69) is 18.4 Å². The molecule has 2 unspecified atom stereocenters. The first kappa shape index (κ1) is 10.8. The van der Waals surface area contributed by atoms with Crippen LogP contribution in [0.1, 0.15) is 38.0 Å². The third-order valence-corrected chi connectivity index (χ3v) is 4.30. The van der Waals surface area contributed by atoms with Gasteiger partial charge in [-0.1, -0.05) is 13.0 Å². The van der Waals surface area contributed by atoms with Crippen LogP contribution in [0, 0.1) is 0 Å². The lowest BCUT2D eigenvalue weighted by molar-refractivity contribution is -0.139. The molecular formula is C12H16O2S. The minimum Gasteiger partial charge on any atom is -0.356 e. The van der Waals surface area contributed by atoms with E-state index in [-0.39, 0.29) is 5.60 Å². The molecule has 0 N–H and O–H groups in total. The van der Waals surface area contributed by atoms with Gasteiger partial charge in [-0.05, 0) is 37.6 Å². The zero-order chi connectivity index (χ0) is 10.9. The summed E-state index contributed by atoms with van der Waals surface area (Å²) in [6, 6.07) is 4.14. The van der Waals surface area contributed by atoms with Gasteiger partial charge in [0.05, 0.1) is 0 Å². The lowest BCUT2D eigenvalue weighted by Gasteiger charge is -2.29. The highest BCUT2D eigenvalue weighted by molar-refractivity contribution is 7.10. The van der Waals surface area contributed by atoms with E-state index in [1.165, 1.54) is 4.88 Å². The van der Waals surface area contributed by atoms with E-state index in [9.17, 15) is 4.79 Å². The third kappa shape index (κ3) is 1.74. The van der Waals surface area contributed by atoms with Crippen LogP contribution in [0.5, 0.6) is 0 Å². The minimum atomic E-state index is -0.583. The van der Waals surface area contributed by atoms with Crippen molar-refractivity contribution < 1.29 is 9.53 Å². The molecule has 2 heterocycles. The van der Waals surface area contributed by atoms with Crippen molar-refractivity contribution in [2.45, 2.75) is 44.3 Å². The SMILES string of the molecule is CCC1(c2cccs2)CCC(C)(C=O)O1. The molecule has 0 saturated carbocycles. The van der Waals surface area contributed by atoms with E-state index in [1.54, 1.807) is 11.3 Å². The molecule has 15 heavy (non-hydrogen) atoms. The molecular weight excluding hydrogens is 208 g/mol. The molecule has 0 spiro atoms. The molecule has 1 aromatic rings. The molecule has 82 valence electrons. The van der Waals surface area contributed by atoms with Crippen LogP contribution >= 0.6 is 11.3 Å². The second-order valence-electron chi connectivity index (χ2n) is 4.36. The Hall–Kier alpha value is -0.670. The molecule has 1 saturated heterocycles. The number of thiophene rings is 1. The van der Waals surface area contributed by atoms with Crippen LogP contribution in [0.25, 0.3) is 0 Å². The number of hydrogen-bond acceptors (Lipinski definition) is 3. The Bertz CT molecular complexity index is 347. The Labute approximate surface area is 94.3 Å². The molecule has 1 aliphatic heterocycles. The number of carbonyl (C=O) groups is 1. The Morgan fingerprint density at radius 3 is 2.87 bits per heavy atom. The van der Waals surface area contributed by atoms with Gasteiger partial charge in [-0.25, -0.2) is 0 Å². The summed E-state index contributed by atoms with van der Waals surface area (Å²) in [4.78, 5) is 12.2. The lowest BCUT2D eigenvalue weighted by Crippen LogP contribution is -2.31. The molecule has 2 atom stereocenters. The molecule has 1 aliphatic rings. The maximum absolute atomic E-state index is 11.0. The van der Waals surface area contributed by atoms with E-state index >= 15 is 0 Å². The molecule has 0 radical (unpaired) electrons. The number of aldehydes is 1. The zero-order valence-electron chi connectivity index (χ0n) is 9.16. The first-order valence-electron chi connectivity index (χ1n) is 5.35. The second kappa shape index (κ2) is 3.72. The normalized spacial score (nSPS) is 35.6. The van der Waals surface area contributed by atoms with Gasteiger partial charge in [0.15, 0.2) is 6.29 Å². The van der Waals surface area contributed by atoms with Crippen LogP contribution in [0.2, 0.25) is 0 Å². The van der Waals surface area contributed by atoms with Crippen LogP contribution in [-0.4, -0.2) is 11.9 Å². The molecule has 0 aliphatic carbocycles. The van der Waals surface area contributed by atoms with E-state index in [0.29, 0.717) is 0 Å². The average Bonchev–Trinajstić information content (AvgIpc) is 2.86. The van der Waals surface area contributed by atoms with Crippen molar-refractivity contribution in [3.05, 3.63) is 22.4 Å². The first-order chi connectivity index (χ1) is 7.14. The van der Waals surface area contributed by atoms with Crippen LogP contribution in [0.3, 0.4) is 0 Å². The smallest absolute Gasteiger partial charge is 0.151 e. The summed E-state index contributed by atoms with van der Waals surface area (Å²) in [7, 11) is 0. The fourth-order valence-corrected chi connectivity index (χ4v) is 3.18. The van der Waals surface area contributed by atoms with Crippen molar-refractivity contribution >= 4 is 17.6 Å². The van der Waals surface area contributed by atoms with Crippen molar-refractivity contribution in [2.75, 3.05) is 0 Å². The quantitative estimate of drug-likeness (QED) is 0.737. The van der Waals surface area contributed by atoms with Crippen LogP contribution in [0.4, 0.5) is 0 Å². The summed E-state index contributed by atoms with van der Waals surface area (Å²) in [5.41, 5.74) is -0.802. The highest BCUT2D eigenvalue weighted by Gasteiger charge is 2.47. The molecule has 1 fully saturated rings. The standard InChI is InChI=1S/C12H16O2S/c1-3-12(10-5-4-8-15-10)7-6-11(2,9-13)14-12/h4-5,8-9H,3,6-7H2,1-2H3. The average molecular weight is 224 g/mol. The summed E-state index contributed by atoms with van der Waals surface area (Å²) in [5.74, 6) is 0. The first-order valence-corrected chi connectivity index (χ1v) is 6.23. The van der Waals surface area contributed by atoms with Gasteiger partial charge in [0.25, 0.3) is 0 Å². The van der Waals surface area contributed by atoms with E-state index in [0.717, 1.165) is 25.5 Å². The molecule has 0 amide bonds. The number of carbonyl (C=O) groups excluding carboxylic acids is 1. The fourth-order valence-electron chi connectivity index (χ4n) is 2.22. The van der Waals surface area contributed by atoms with Gasteiger partial charge in [0.2, 0.25) is 0 Å². The molecule has 3 heteroatoms. The minimum absolute atomic E-state index is 0.218. The van der Waals surface area contributed by atoms with Crippen molar-refractivity contribution in [3.63, 3.8) is 0 Å². The van der Waals surface area contributed by atoms with Crippen LogP contribution in [-0.2, 0) is 15.1 Å². The van der Waals surface area contributed by atoms with Gasteiger partial charge < -0.3 is 9.53 Å². The predicted molar refractivity (Wildman–Crippen MR) is 61.1 cm³/mol. The summed E-state index contributed by atoms with van der Waals surface area (Å²) < 4.78 is 6.02. The maximum atomic E-state index is 11.0. The number of rotatable bonds is 3. The van der Waals surface area contributed by atoms with Gasteiger partial charge in [-0.2, -0.15) is 0 Å². The van der Waals surface area contributed by atoms with Crippen LogP contribution in [0.15, 0.2) is 17.5 Å². The zero-order valence-corrected chi connectivity index (χ0v) is 9.97. The summed E-state index contributed by atoms with van der Waals surface area (Å²) in [6.07, 6.45) is 3.64. The van der Waals surface area contributed by atoms with E-state index < -0.39 is 5.60 Å². The molecule has 1 aromatic heterocycles. The van der Waals surface area contributed by atoms with Gasteiger partial charge in [-0.15, -0.1) is 11.3 Å². The Kier molecular flexibility index (Phi) is 2.69. The van der Waals surface area contributed by atoms with Gasteiger partial charge in [0, 0.05) is 4.88 Å². The van der Waals surface area contributed by atoms with Crippen molar-refractivity contribution in [2.24, 2.45) is 0 Å². The van der Waals surface area contributed by atoms with E-state index in [4.69, 9.17) is 4.74 Å². The lowest BCUT2D eigenvalue weighted by atomic mass is 9.93. The number of ether oxygens (including phenoxy) is 1. The summed E-state index contributed by atoms with van der Waals surface area (Å²) in [6.45, 7) is 4.00. The van der Waals surface area contributed by atoms with E-state index in [1.807, 2.05) is 13.0 Å². The monoisotopic (exact) mass is 224 g/mol. The van der Waals surface area contributed by atoms with Gasteiger partial charge in [0.1, 0.15) is 11.2 Å². The van der Waals surface area contributed by atoms with Crippen molar-refractivity contribution in [1.82, 2.24) is 0 Å². The second-order valence-corrected chi connectivity index (χ2v) is 5.31. The maximum Gasteiger partial charge on any atom is 0.151 e. The largest absolute Gasteiger partial charge is 0.356 e. The van der Waals surface area contributed by atoms with Crippen LogP contribution < -0.4 is 0 Å². The highest BCUT2D eigenvalue weighted by Crippen LogP contribution is 2.47. The van der Waals surface area contributed by atoms with Gasteiger partial charge in [-0.3, -0.25) is 0 Å². The summed E-state index contributed by atoms with van der Waals surface area (Å²) in [5, 5.41) is 2.06. The highest BCUT2D eigenvalue weighted by atomic mass is 32.1. The third-order valence-electron chi connectivity index (χ3n) is 3.24. The fraction of sp³-hybridized carbons (Fsp3) is 0.583. The topological polar surface area (TPSA) is 26.3 Å². The molecule has 0 aromatic carbocycles. The van der Waals surface area contributed by atoms with Gasteiger partial charge >= 0.3 is 0 Å². The summed E-state index contributed by atoms with van der Waals surface area (Å²) >= 11 is 1.71. The molecule has 0 bridgehead atoms.